The van der Waals surface area contributed by atoms with Crippen molar-refractivity contribution in [3.05, 3.63) is 99.5 Å². The lowest BCUT2D eigenvalue weighted by Crippen LogP contribution is -2.55. The number of hydrogen-bond acceptors (Lipinski definition) is 5. The first-order valence-electron chi connectivity index (χ1n) is 13.7. The molecule has 1 amide bonds. The molecule has 0 spiro atoms. The maximum absolute atomic E-state index is 13.5. The maximum Gasteiger partial charge on any atom is 0.417 e. The number of carbonyl (C=O) groups is 2. The van der Waals surface area contributed by atoms with Gasteiger partial charge in [0.1, 0.15) is 30.3 Å². The third kappa shape index (κ3) is 7.90. The van der Waals surface area contributed by atoms with Gasteiger partial charge in [0.25, 0.3) is 11.5 Å². The molecule has 1 aromatic heterocycles. The number of rotatable bonds is 6. The number of ether oxygens (including phenoxy) is 1. The minimum atomic E-state index is -4.67. The maximum atomic E-state index is 13.5. The quantitative estimate of drug-likeness (QED) is 0.229. The number of aryl methyl sites for hydroxylation is 2. The van der Waals surface area contributed by atoms with Gasteiger partial charge in [-0.15, -0.1) is 0 Å². The molecule has 4 aromatic rings. The number of nitrogens with zero attached hydrogens (tertiary/aromatic N) is 2. The Bertz CT molecular complexity index is 1900. The van der Waals surface area contributed by atoms with Gasteiger partial charge in [0.2, 0.25) is 0 Å². The number of fused-ring (bicyclic) bond motifs is 1. The summed E-state index contributed by atoms with van der Waals surface area (Å²) in [6, 6.07) is 11.7. The van der Waals surface area contributed by atoms with Gasteiger partial charge in [-0.2, -0.15) is 30.7 Å². The van der Waals surface area contributed by atoms with E-state index in [-0.39, 0.29) is 18.4 Å². The van der Waals surface area contributed by atoms with E-state index in [1.807, 2.05) is 0 Å². The summed E-state index contributed by atoms with van der Waals surface area (Å²) in [5.74, 6) is -5.24. The van der Waals surface area contributed by atoms with Crippen molar-refractivity contribution in [3.63, 3.8) is 0 Å². The number of anilines is 1. The number of carboxylic acid groups (broad SMARTS) is 1. The topological polar surface area (TPSA) is 115 Å². The minimum absolute atomic E-state index is 0.0930. The van der Waals surface area contributed by atoms with Crippen LogP contribution in [0.5, 0.6) is 0 Å². The number of carboxylic acids is 1. The molecule has 0 radical (unpaired) electrons. The standard InChI is InChI=1S/C20H16F3NO3.C11H8F6N2O2/c1-24-11-10-16(20(21,22)23)18(19(24)27)15-7-3-5-13-12(8-9-17(25)26)4-2-6-14(13)15;12-6-1-5(2-7(13)8(6)9(18)20)19-3-10(14,15)21-11(16,17)4-19/h2-7,10-11H,8-9H2,1H3,(H,25,26);1-2H,3-4H2,(H2,18,20). The van der Waals surface area contributed by atoms with Crippen LogP contribution in [-0.4, -0.2) is 46.9 Å². The smallest absolute Gasteiger partial charge is 0.417 e. The molecule has 3 aromatic carbocycles. The molecule has 3 N–H and O–H groups in total. The third-order valence-electron chi connectivity index (χ3n) is 7.15. The van der Waals surface area contributed by atoms with Crippen molar-refractivity contribution >= 4 is 28.3 Å². The number of alkyl halides is 7. The fourth-order valence-electron chi connectivity index (χ4n) is 5.12. The Morgan fingerprint density at radius 3 is 2.04 bits per heavy atom. The molecule has 1 aliphatic rings. The van der Waals surface area contributed by atoms with Crippen LogP contribution in [0.1, 0.15) is 27.9 Å². The summed E-state index contributed by atoms with van der Waals surface area (Å²) in [6.45, 7) is -2.64. The molecule has 256 valence electrons. The summed E-state index contributed by atoms with van der Waals surface area (Å²) in [5.41, 5.74) is 1.82. The molecule has 8 nitrogen and oxygen atoms in total. The molecule has 48 heavy (non-hydrogen) atoms. The van der Waals surface area contributed by atoms with Crippen LogP contribution in [0, 0.1) is 11.6 Å². The van der Waals surface area contributed by atoms with Gasteiger partial charge in [-0.1, -0.05) is 36.4 Å². The van der Waals surface area contributed by atoms with Gasteiger partial charge in [0, 0.05) is 25.4 Å². The summed E-state index contributed by atoms with van der Waals surface area (Å²) in [7, 11) is 1.40. The van der Waals surface area contributed by atoms with Gasteiger partial charge < -0.3 is 20.3 Å². The van der Waals surface area contributed by atoms with Crippen molar-refractivity contribution in [2.45, 2.75) is 31.2 Å². The third-order valence-corrected chi connectivity index (χ3v) is 7.15. The number of morpholine rings is 1. The number of halogens is 9. The first kappa shape index (κ1) is 35.8. The Balaban J connectivity index is 0.000000224. The van der Waals surface area contributed by atoms with Gasteiger partial charge >= 0.3 is 24.4 Å². The van der Waals surface area contributed by atoms with Gasteiger partial charge in [0.15, 0.2) is 0 Å². The summed E-state index contributed by atoms with van der Waals surface area (Å²) in [5, 5.41) is 10.0. The van der Waals surface area contributed by atoms with Crippen LogP contribution in [0.3, 0.4) is 0 Å². The predicted octanol–water partition coefficient (Wildman–Crippen LogP) is 6.33. The average molecular weight is 690 g/mol. The first-order valence-corrected chi connectivity index (χ1v) is 13.7. The Morgan fingerprint density at radius 1 is 0.938 bits per heavy atom. The van der Waals surface area contributed by atoms with E-state index in [1.54, 1.807) is 30.3 Å². The van der Waals surface area contributed by atoms with Crippen LogP contribution in [0.25, 0.3) is 21.9 Å². The molecule has 1 aliphatic heterocycles. The van der Waals surface area contributed by atoms with Crippen LogP contribution >= 0.6 is 0 Å². The number of benzene rings is 3. The second-order valence-corrected chi connectivity index (χ2v) is 10.6. The number of amides is 1. The van der Waals surface area contributed by atoms with Gasteiger partial charge in [-0.25, -0.2) is 8.78 Å². The lowest BCUT2D eigenvalue weighted by Gasteiger charge is -2.38. The van der Waals surface area contributed by atoms with Gasteiger partial charge in [-0.05, 0) is 46.5 Å². The van der Waals surface area contributed by atoms with E-state index in [1.165, 1.54) is 13.1 Å². The molecule has 0 saturated carbocycles. The van der Waals surface area contributed by atoms with E-state index in [2.05, 4.69) is 4.74 Å². The highest BCUT2D eigenvalue weighted by Gasteiger charge is 2.51. The zero-order chi connectivity index (χ0) is 35.8. The molecule has 5 rings (SSSR count). The predicted molar refractivity (Wildman–Crippen MR) is 154 cm³/mol. The SMILES string of the molecule is Cn1ccc(C(F)(F)F)c(-c2cccc3c(CCC(=O)O)cccc23)c1=O.NC(=O)c1c(F)cc(N2CC(F)(F)OC(F)(F)C2)cc1F. The molecule has 1 fully saturated rings. The molecule has 2 heterocycles. The Labute approximate surface area is 264 Å². The monoisotopic (exact) mass is 689 g/mol. The van der Waals surface area contributed by atoms with Crippen LogP contribution in [0.2, 0.25) is 0 Å². The van der Waals surface area contributed by atoms with Crippen molar-refractivity contribution in [2.75, 3.05) is 18.0 Å². The van der Waals surface area contributed by atoms with E-state index in [0.29, 0.717) is 33.4 Å². The van der Waals surface area contributed by atoms with Crippen LogP contribution in [-0.2, 0) is 29.2 Å². The highest BCUT2D eigenvalue weighted by atomic mass is 19.4. The summed E-state index contributed by atoms with van der Waals surface area (Å²) >= 11 is 0. The van der Waals surface area contributed by atoms with Gasteiger partial charge in [0.05, 0.1) is 11.1 Å². The zero-order valence-electron chi connectivity index (χ0n) is 24.6. The fraction of sp³-hybridized carbons (Fsp3) is 0.258. The second kappa shape index (κ2) is 13.2. The highest BCUT2D eigenvalue weighted by molar-refractivity contribution is 5.99. The van der Waals surface area contributed by atoms with E-state index in [9.17, 15) is 53.9 Å². The number of aromatic nitrogens is 1. The summed E-state index contributed by atoms with van der Waals surface area (Å²) in [6.07, 6.45) is -11.8. The van der Waals surface area contributed by atoms with E-state index < -0.39 is 82.9 Å². The van der Waals surface area contributed by atoms with E-state index in [4.69, 9.17) is 10.8 Å². The number of hydrogen-bond donors (Lipinski definition) is 2. The average Bonchev–Trinajstić information content (AvgIpc) is 2.94. The molecule has 0 bridgehead atoms. The van der Waals surface area contributed by atoms with Crippen molar-refractivity contribution < 1.29 is 58.9 Å². The molecular weight excluding hydrogens is 665 g/mol. The molecule has 0 atom stereocenters. The second-order valence-electron chi connectivity index (χ2n) is 10.6. The number of nitrogens with two attached hydrogens (primary N) is 1. The molecule has 0 aliphatic carbocycles. The highest BCUT2D eigenvalue weighted by Crippen LogP contribution is 2.39. The fourth-order valence-corrected chi connectivity index (χ4v) is 5.12. The van der Waals surface area contributed by atoms with Crippen LogP contribution in [0.15, 0.2) is 65.6 Å². The molecule has 0 unspecified atom stereocenters. The van der Waals surface area contributed by atoms with E-state index in [0.717, 1.165) is 16.8 Å². The Kier molecular flexibility index (Phi) is 9.85. The minimum Gasteiger partial charge on any atom is -0.481 e. The first-order chi connectivity index (χ1) is 22.2. The Morgan fingerprint density at radius 2 is 1.50 bits per heavy atom. The summed E-state index contributed by atoms with van der Waals surface area (Å²) < 4.78 is 124. The van der Waals surface area contributed by atoms with Crippen molar-refractivity contribution in [1.29, 1.82) is 0 Å². The normalized spacial score (nSPS) is 15.5. The van der Waals surface area contributed by atoms with Gasteiger partial charge in [-0.3, -0.25) is 19.1 Å². The van der Waals surface area contributed by atoms with Crippen molar-refractivity contribution in [1.82, 2.24) is 4.57 Å². The van der Waals surface area contributed by atoms with Crippen molar-refractivity contribution in [2.24, 2.45) is 12.8 Å². The number of carbonyl (C=O) groups excluding carboxylic acids is 1. The van der Waals surface area contributed by atoms with Crippen LogP contribution < -0.4 is 16.2 Å². The lowest BCUT2D eigenvalue weighted by molar-refractivity contribution is -0.380. The lowest BCUT2D eigenvalue weighted by atomic mass is 9.92. The number of aliphatic carboxylic acids is 1. The van der Waals surface area contributed by atoms with Crippen LogP contribution in [0.4, 0.5) is 45.2 Å². The Hall–Kier alpha value is -5.06. The van der Waals surface area contributed by atoms with Crippen molar-refractivity contribution in [3.8, 4) is 11.1 Å². The largest absolute Gasteiger partial charge is 0.481 e. The molecular formula is C31H24F9N3O5. The number of pyridine rings is 1. The molecule has 17 heteroatoms. The zero-order valence-corrected chi connectivity index (χ0v) is 24.6. The molecule has 1 saturated heterocycles. The van der Waals surface area contributed by atoms with E-state index >= 15 is 0 Å². The number of primary amides is 1. The summed E-state index contributed by atoms with van der Waals surface area (Å²) in [4.78, 5) is 34.6.